The average Bonchev–Trinajstić information content (AvgIpc) is 3.12. The van der Waals surface area contributed by atoms with E-state index >= 15 is 0 Å². The van der Waals surface area contributed by atoms with Gasteiger partial charge in [0.2, 0.25) is 0 Å². The molecule has 1 amide bonds. The Balaban J connectivity index is 1.41. The van der Waals surface area contributed by atoms with E-state index in [2.05, 4.69) is 9.97 Å². The molecule has 0 bridgehead atoms. The van der Waals surface area contributed by atoms with E-state index in [-0.39, 0.29) is 30.0 Å². The molecular weight excluding hydrogens is 451 g/mol. The van der Waals surface area contributed by atoms with E-state index in [1.165, 1.54) is 0 Å². The predicted molar refractivity (Wildman–Crippen MR) is 123 cm³/mol. The summed E-state index contributed by atoms with van der Waals surface area (Å²) in [6.07, 6.45) is 4.76. The fourth-order valence-corrected chi connectivity index (χ4v) is 5.82. The Morgan fingerprint density at radius 1 is 1.22 bits per heavy atom. The number of anilines is 1. The molecule has 3 aromatic rings. The fourth-order valence-electron chi connectivity index (χ4n) is 5.13. The number of aromatic nitrogens is 2. The molecule has 32 heavy (non-hydrogen) atoms. The summed E-state index contributed by atoms with van der Waals surface area (Å²) in [6, 6.07) is 3.63. The van der Waals surface area contributed by atoms with Crippen LogP contribution in [0.5, 0.6) is 0 Å². The molecule has 1 aromatic carbocycles. The third kappa shape index (κ3) is 3.72. The van der Waals surface area contributed by atoms with Crippen molar-refractivity contribution in [1.29, 1.82) is 0 Å². The molecule has 0 spiro atoms. The molecule has 5 rings (SSSR count). The quantitative estimate of drug-likeness (QED) is 0.566. The Hall–Kier alpha value is -2.35. The van der Waals surface area contributed by atoms with Gasteiger partial charge in [-0.1, -0.05) is 23.2 Å². The minimum absolute atomic E-state index is 0.0251. The topological polar surface area (TPSA) is 94.5 Å². The summed E-state index contributed by atoms with van der Waals surface area (Å²) >= 11 is 12.7. The van der Waals surface area contributed by atoms with Crippen molar-refractivity contribution in [3.63, 3.8) is 0 Å². The average molecular weight is 475 g/mol. The molecule has 168 valence electrons. The highest BCUT2D eigenvalue weighted by molar-refractivity contribution is 6.35. The van der Waals surface area contributed by atoms with E-state index in [1.54, 1.807) is 18.5 Å². The number of nitrogens with two attached hydrogens (primary N) is 1. The Morgan fingerprint density at radius 3 is 2.84 bits per heavy atom. The van der Waals surface area contributed by atoms with Gasteiger partial charge in [0, 0.05) is 28.4 Å². The van der Waals surface area contributed by atoms with Crippen molar-refractivity contribution in [1.82, 2.24) is 14.9 Å². The summed E-state index contributed by atoms with van der Waals surface area (Å²) in [4.78, 5) is 24.0. The first-order valence-electron chi connectivity index (χ1n) is 10.8. The Bertz CT molecular complexity index is 1200. The highest BCUT2D eigenvalue weighted by atomic mass is 35.5. The van der Waals surface area contributed by atoms with E-state index in [0.717, 1.165) is 23.1 Å². The fraction of sp³-hybridized carbons (Fsp3) is 0.435. The van der Waals surface area contributed by atoms with Crippen LogP contribution in [0.2, 0.25) is 10.0 Å². The number of hydrogen-bond acceptors (Lipinski definition) is 6. The standard InChI is InChI=1S/C23H24Cl2N4O3/c1-11-5-14(16-9-27-10-18-21(16)32-23(26)28-18)7-19(31-11)22(30)29-4-3-13-6-15(24)8-17(25)20(13)12(29)2/h6,8-12,14,19H,3-5,7H2,1-2H3,(H2,26,28)/t11-,12-,14+,19-/m0/s1. The number of benzene rings is 1. The van der Waals surface area contributed by atoms with Gasteiger partial charge >= 0.3 is 0 Å². The second-order valence-electron chi connectivity index (χ2n) is 8.65. The Labute approximate surface area is 195 Å². The van der Waals surface area contributed by atoms with Gasteiger partial charge in [-0.05, 0) is 62.3 Å². The van der Waals surface area contributed by atoms with Crippen LogP contribution in [0.3, 0.4) is 0 Å². The number of carbonyl (C=O) groups is 1. The molecule has 2 aromatic heterocycles. The summed E-state index contributed by atoms with van der Waals surface area (Å²) in [7, 11) is 0. The number of ether oxygens (including phenoxy) is 1. The van der Waals surface area contributed by atoms with Gasteiger partial charge in [0.1, 0.15) is 11.6 Å². The number of fused-ring (bicyclic) bond motifs is 2. The van der Waals surface area contributed by atoms with Crippen LogP contribution in [0.4, 0.5) is 6.01 Å². The third-order valence-corrected chi connectivity index (χ3v) is 7.07. The molecule has 4 heterocycles. The molecule has 0 radical (unpaired) electrons. The molecule has 0 aliphatic carbocycles. The first-order chi connectivity index (χ1) is 15.3. The van der Waals surface area contributed by atoms with Crippen LogP contribution >= 0.6 is 23.2 Å². The minimum atomic E-state index is -0.561. The van der Waals surface area contributed by atoms with Crippen LogP contribution in [-0.4, -0.2) is 39.5 Å². The maximum absolute atomic E-state index is 13.6. The predicted octanol–water partition coefficient (Wildman–Crippen LogP) is 4.91. The zero-order chi connectivity index (χ0) is 22.6. The van der Waals surface area contributed by atoms with Gasteiger partial charge in [0.25, 0.3) is 11.9 Å². The Kier molecular flexibility index (Phi) is 5.51. The van der Waals surface area contributed by atoms with Gasteiger partial charge in [-0.25, -0.2) is 0 Å². The first-order valence-corrected chi connectivity index (χ1v) is 11.5. The lowest BCUT2D eigenvalue weighted by Crippen LogP contribution is -2.48. The van der Waals surface area contributed by atoms with E-state index in [9.17, 15) is 4.79 Å². The lowest BCUT2D eigenvalue weighted by Gasteiger charge is -2.40. The van der Waals surface area contributed by atoms with Gasteiger partial charge in [0.05, 0.1) is 18.3 Å². The van der Waals surface area contributed by atoms with E-state index in [0.29, 0.717) is 40.5 Å². The second-order valence-corrected chi connectivity index (χ2v) is 9.49. The van der Waals surface area contributed by atoms with Crippen LogP contribution in [0.15, 0.2) is 28.9 Å². The van der Waals surface area contributed by atoms with E-state index in [4.69, 9.17) is 38.1 Å². The van der Waals surface area contributed by atoms with Gasteiger partial charge in [0.15, 0.2) is 5.58 Å². The Morgan fingerprint density at radius 2 is 2.03 bits per heavy atom. The van der Waals surface area contributed by atoms with Gasteiger partial charge in [-0.2, -0.15) is 4.98 Å². The van der Waals surface area contributed by atoms with Crippen LogP contribution < -0.4 is 5.73 Å². The van der Waals surface area contributed by atoms with Gasteiger partial charge in [-0.3, -0.25) is 9.78 Å². The van der Waals surface area contributed by atoms with Crippen molar-refractivity contribution >= 4 is 46.2 Å². The summed E-state index contributed by atoms with van der Waals surface area (Å²) in [5.74, 6) is 0.0222. The molecule has 2 aliphatic rings. The monoisotopic (exact) mass is 474 g/mol. The number of pyridine rings is 1. The molecule has 0 saturated carbocycles. The number of halogens is 2. The number of rotatable bonds is 2. The van der Waals surface area contributed by atoms with Crippen molar-refractivity contribution in [3.8, 4) is 0 Å². The number of oxazole rings is 1. The molecule has 7 nitrogen and oxygen atoms in total. The zero-order valence-corrected chi connectivity index (χ0v) is 19.4. The van der Waals surface area contributed by atoms with Crippen LogP contribution in [-0.2, 0) is 16.0 Å². The van der Waals surface area contributed by atoms with Crippen molar-refractivity contribution in [2.24, 2.45) is 0 Å². The van der Waals surface area contributed by atoms with Crippen LogP contribution in [0.1, 0.15) is 55.3 Å². The number of nitrogen functional groups attached to an aromatic ring is 1. The lowest BCUT2D eigenvalue weighted by molar-refractivity contribution is -0.155. The highest BCUT2D eigenvalue weighted by Gasteiger charge is 2.39. The summed E-state index contributed by atoms with van der Waals surface area (Å²) in [5.41, 5.74) is 9.97. The first kappa shape index (κ1) is 21.5. The SMILES string of the molecule is C[C@H]1C[C@@H](c2cncc3nc(N)oc23)C[C@@H](C(=O)N2CCc3cc(Cl)cc(Cl)c3[C@@H]2C)O1. The molecule has 1 fully saturated rings. The summed E-state index contributed by atoms with van der Waals surface area (Å²) < 4.78 is 11.8. The number of nitrogens with zero attached hydrogens (tertiary/aromatic N) is 3. The smallest absolute Gasteiger partial charge is 0.293 e. The molecule has 0 unspecified atom stereocenters. The third-order valence-electron chi connectivity index (χ3n) is 6.54. The van der Waals surface area contributed by atoms with Gasteiger partial charge < -0.3 is 19.8 Å². The molecular formula is C23H24Cl2N4O3. The minimum Gasteiger partial charge on any atom is -0.423 e. The summed E-state index contributed by atoms with van der Waals surface area (Å²) in [6.45, 7) is 4.59. The molecule has 2 N–H and O–H groups in total. The lowest BCUT2D eigenvalue weighted by atomic mass is 9.85. The largest absolute Gasteiger partial charge is 0.423 e. The van der Waals surface area contributed by atoms with Crippen molar-refractivity contribution in [3.05, 3.63) is 51.3 Å². The number of hydrogen-bond donors (Lipinski definition) is 1. The molecule has 4 atom stereocenters. The van der Waals surface area contributed by atoms with Crippen LogP contribution in [0.25, 0.3) is 11.1 Å². The maximum Gasteiger partial charge on any atom is 0.293 e. The van der Waals surface area contributed by atoms with Gasteiger partial charge in [-0.15, -0.1) is 0 Å². The van der Waals surface area contributed by atoms with E-state index < -0.39 is 6.10 Å². The maximum atomic E-state index is 13.6. The molecule has 9 heteroatoms. The van der Waals surface area contributed by atoms with Crippen molar-refractivity contribution < 1.29 is 13.9 Å². The number of amides is 1. The molecule has 2 aliphatic heterocycles. The second kappa shape index (κ2) is 8.21. The van der Waals surface area contributed by atoms with Crippen LogP contribution in [0, 0.1) is 0 Å². The normalized spacial score (nSPS) is 25.7. The van der Waals surface area contributed by atoms with E-state index in [1.807, 2.05) is 24.8 Å². The molecule has 1 saturated heterocycles. The highest BCUT2D eigenvalue weighted by Crippen LogP contribution is 2.40. The van der Waals surface area contributed by atoms with Crippen molar-refractivity contribution in [2.75, 3.05) is 12.3 Å². The van der Waals surface area contributed by atoms with Crippen molar-refractivity contribution in [2.45, 2.75) is 57.3 Å². The summed E-state index contributed by atoms with van der Waals surface area (Å²) in [5, 5.41) is 1.21. The zero-order valence-electron chi connectivity index (χ0n) is 17.8. The number of carbonyl (C=O) groups excluding carboxylic acids is 1.